The van der Waals surface area contributed by atoms with Crippen LogP contribution in [0.2, 0.25) is 0 Å². The molecular formula is C16H23ClF3N3O2. The number of nitrogens with zero attached hydrogens (tertiary/aromatic N) is 1. The number of halogens is 4. The summed E-state index contributed by atoms with van der Waals surface area (Å²) in [7, 11) is 0. The molecular weight excluding hydrogens is 359 g/mol. The van der Waals surface area contributed by atoms with Crippen LogP contribution in [0, 0.1) is 0 Å². The fourth-order valence-electron chi connectivity index (χ4n) is 2.54. The Hall–Kier alpha value is -1.35. The van der Waals surface area contributed by atoms with Crippen molar-refractivity contribution in [2.45, 2.75) is 18.8 Å². The molecule has 0 radical (unpaired) electrons. The number of hydrogen-bond donors (Lipinski definition) is 2. The van der Waals surface area contributed by atoms with Crippen molar-refractivity contribution in [3.63, 3.8) is 0 Å². The van der Waals surface area contributed by atoms with Crippen LogP contribution in [0.4, 0.5) is 13.2 Å². The summed E-state index contributed by atoms with van der Waals surface area (Å²) < 4.78 is 44.8. The van der Waals surface area contributed by atoms with Crippen LogP contribution in [-0.4, -0.2) is 62.4 Å². The van der Waals surface area contributed by atoms with Crippen LogP contribution in [0.5, 0.6) is 0 Å². The molecule has 1 aliphatic rings. The maximum atomic E-state index is 13.2. The van der Waals surface area contributed by atoms with E-state index < -0.39 is 24.7 Å². The molecule has 0 aromatic heterocycles. The molecule has 0 spiro atoms. The third-order valence-corrected chi connectivity index (χ3v) is 3.81. The van der Waals surface area contributed by atoms with Gasteiger partial charge >= 0.3 is 6.18 Å². The molecule has 0 bridgehead atoms. The predicted octanol–water partition coefficient (Wildman–Crippen LogP) is 1.58. The summed E-state index contributed by atoms with van der Waals surface area (Å²) in [4.78, 5) is 13.1. The van der Waals surface area contributed by atoms with E-state index in [1.165, 1.54) is 4.90 Å². The van der Waals surface area contributed by atoms with Crippen molar-refractivity contribution in [1.29, 1.82) is 0 Å². The number of alkyl halides is 3. The zero-order valence-corrected chi connectivity index (χ0v) is 14.5. The topological polar surface area (TPSA) is 53.6 Å². The minimum Gasteiger partial charge on any atom is -0.367 e. The summed E-state index contributed by atoms with van der Waals surface area (Å²) >= 11 is 0. The van der Waals surface area contributed by atoms with Crippen LogP contribution in [0.1, 0.15) is 5.56 Å². The van der Waals surface area contributed by atoms with E-state index in [0.717, 1.165) is 5.56 Å². The Bertz CT molecular complexity index is 511. The summed E-state index contributed by atoms with van der Waals surface area (Å²) in [6.45, 7) is 1.17. The largest absolute Gasteiger partial charge is 0.405 e. The van der Waals surface area contributed by atoms with E-state index in [1.54, 1.807) is 0 Å². The van der Waals surface area contributed by atoms with E-state index in [2.05, 4.69) is 10.6 Å². The molecule has 1 aromatic rings. The molecule has 1 saturated heterocycles. The van der Waals surface area contributed by atoms with Crippen molar-refractivity contribution in [3.05, 3.63) is 35.9 Å². The summed E-state index contributed by atoms with van der Waals surface area (Å²) in [5.74, 6) is -0.546. The van der Waals surface area contributed by atoms with Gasteiger partial charge in [0, 0.05) is 32.7 Å². The highest BCUT2D eigenvalue weighted by molar-refractivity contribution is 5.85. The van der Waals surface area contributed by atoms with Gasteiger partial charge in [-0.25, -0.2) is 0 Å². The second-order valence-corrected chi connectivity index (χ2v) is 5.63. The van der Waals surface area contributed by atoms with E-state index in [4.69, 9.17) is 4.74 Å². The number of piperazine rings is 1. The monoisotopic (exact) mass is 381 g/mol. The zero-order chi connectivity index (χ0) is 17.4. The Kier molecular flexibility index (Phi) is 9.20. The van der Waals surface area contributed by atoms with Crippen molar-refractivity contribution in [2.24, 2.45) is 0 Å². The first-order valence-electron chi connectivity index (χ1n) is 7.86. The first-order valence-corrected chi connectivity index (χ1v) is 7.86. The highest BCUT2D eigenvalue weighted by Crippen LogP contribution is 2.24. The Labute approximate surface area is 151 Å². The second-order valence-electron chi connectivity index (χ2n) is 5.63. The molecule has 1 heterocycles. The van der Waals surface area contributed by atoms with E-state index in [1.807, 2.05) is 30.3 Å². The average molecular weight is 382 g/mol. The molecule has 2 N–H and O–H groups in total. The lowest BCUT2D eigenvalue weighted by atomic mass is 10.2. The van der Waals surface area contributed by atoms with Gasteiger partial charge in [-0.2, -0.15) is 13.2 Å². The van der Waals surface area contributed by atoms with Gasteiger partial charge < -0.3 is 15.4 Å². The lowest BCUT2D eigenvalue weighted by molar-refractivity contribution is -0.184. The average Bonchev–Trinajstić information content (AvgIpc) is 2.56. The molecule has 0 aliphatic carbocycles. The molecule has 2 rings (SSSR count). The van der Waals surface area contributed by atoms with Gasteiger partial charge in [-0.1, -0.05) is 30.3 Å². The molecule has 9 heteroatoms. The Morgan fingerprint density at radius 3 is 2.48 bits per heavy atom. The van der Waals surface area contributed by atoms with Crippen molar-refractivity contribution >= 4 is 18.3 Å². The first-order chi connectivity index (χ1) is 11.5. The third kappa shape index (κ3) is 7.60. The Morgan fingerprint density at radius 1 is 1.24 bits per heavy atom. The molecule has 1 unspecified atom stereocenters. The van der Waals surface area contributed by atoms with Crippen molar-refractivity contribution < 1.29 is 22.7 Å². The summed E-state index contributed by atoms with van der Waals surface area (Å²) in [5.41, 5.74) is 0.902. The highest BCUT2D eigenvalue weighted by atomic mass is 35.5. The van der Waals surface area contributed by atoms with Crippen LogP contribution in [0.25, 0.3) is 0 Å². The van der Waals surface area contributed by atoms with Gasteiger partial charge in [0.1, 0.15) is 12.6 Å². The summed E-state index contributed by atoms with van der Waals surface area (Å²) in [5, 5.41) is 5.34. The molecule has 142 valence electrons. The number of carbonyl (C=O) groups excluding carboxylic acids is 1. The molecule has 1 fully saturated rings. The lowest BCUT2D eigenvalue weighted by Gasteiger charge is -2.35. The molecule has 1 aromatic carbocycles. The molecule has 5 nitrogen and oxygen atoms in total. The van der Waals surface area contributed by atoms with Crippen LogP contribution in [0.15, 0.2) is 30.3 Å². The fourth-order valence-corrected chi connectivity index (χ4v) is 2.54. The predicted molar refractivity (Wildman–Crippen MR) is 90.6 cm³/mol. The highest BCUT2D eigenvalue weighted by Gasteiger charge is 2.43. The van der Waals surface area contributed by atoms with E-state index in [0.29, 0.717) is 26.2 Å². The lowest BCUT2D eigenvalue weighted by Crippen LogP contribution is -2.57. The van der Waals surface area contributed by atoms with Crippen molar-refractivity contribution in [3.8, 4) is 0 Å². The Morgan fingerprint density at radius 2 is 1.88 bits per heavy atom. The van der Waals surface area contributed by atoms with E-state index in [-0.39, 0.29) is 25.6 Å². The van der Waals surface area contributed by atoms with Gasteiger partial charge in [0.25, 0.3) is 0 Å². The maximum absolute atomic E-state index is 13.2. The van der Waals surface area contributed by atoms with Crippen LogP contribution in [0.3, 0.4) is 0 Å². The quantitative estimate of drug-likeness (QED) is 0.753. The van der Waals surface area contributed by atoms with Crippen molar-refractivity contribution in [2.75, 3.05) is 39.3 Å². The number of benzene rings is 1. The van der Waals surface area contributed by atoms with Gasteiger partial charge in [0.15, 0.2) is 0 Å². The molecule has 1 amide bonds. The fraction of sp³-hybridized carbons (Fsp3) is 0.562. The number of nitrogens with one attached hydrogen (secondary N) is 2. The number of hydrogen-bond acceptors (Lipinski definition) is 4. The first kappa shape index (κ1) is 21.7. The van der Waals surface area contributed by atoms with Gasteiger partial charge in [0.2, 0.25) is 5.91 Å². The third-order valence-electron chi connectivity index (χ3n) is 3.81. The van der Waals surface area contributed by atoms with Crippen molar-refractivity contribution in [1.82, 2.24) is 15.5 Å². The maximum Gasteiger partial charge on any atom is 0.405 e. The number of carbonyl (C=O) groups is 1. The number of rotatable bonds is 7. The Balaban J connectivity index is 0.00000312. The SMILES string of the molecule is Cl.O=C(COCc1ccccc1)NCC(N1CCNCC1)C(F)(F)F. The molecule has 1 atom stereocenters. The van der Waals surface area contributed by atoms with E-state index >= 15 is 0 Å². The van der Waals surface area contributed by atoms with E-state index in [9.17, 15) is 18.0 Å². The summed E-state index contributed by atoms with van der Waals surface area (Å²) in [6.07, 6.45) is -4.38. The second kappa shape index (κ2) is 10.6. The molecule has 1 aliphatic heterocycles. The number of amides is 1. The molecule has 25 heavy (non-hydrogen) atoms. The normalized spacial score (nSPS) is 16.8. The van der Waals surface area contributed by atoms with Crippen LogP contribution < -0.4 is 10.6 Å². The zero-order valence-electron chi connectivity index (χ0n) is 13.7. The molecule has 0 saturated carbocycles. The van der Waals surface area contributed by atoms with Gasteiger partial charge in [-0.05, 0) is 5.56 Å². The summed E-state index contributed by atoms with van der Waals surface area (Å²) in [6, 6.07) is 7.59. The van der Waals surface area contributed by atoms with Gasteiger partial charge in [-0.3, -0.25) is 9.69 Å². The van der Waals surface area contributed by atoms with Gasteiger partial charge in [0.05, 0.1) is 6.61 Å². The number of ether oxygens (including phenoxy) is 1. The van der Waals surface area contributed by atoms with Crippen LogP contribution >= 0.6 is 12.4 Å². The van der Waals surface area contributed by atoms with Gasteiger partial charge in [-0.15, -0.1) is 12.4 Å². The van der Waals surface area contributed by atoms with Crippen LogP contribution in [-0.2, 0) is 16.1 Å². The minimum atomic E-state index is -4.38. The standard InChI is InChI=1S/C16H22F3N3O2.ClH/c17-16(18,19)14(22-8-6-20-7-9-22)10-21-15(23)12-24-11-13-4-2-1-3-5-13;/h1-5,14,20H,6-12H2,(H,21,23);1H. The minimum absolute atomic E-state index is 0. The smallest absolute Gasteiger partial charge is 0.367 e.